The number of alkyl halides is 1. The minimum atomic E-state index is -3.47. The summed E-state index contributed by atoms with van der Waals surface area (Å²) in [6, 6.07) is 7.66. The quantitative estimate of drug-likeness (QED) is 0.779. The summed E-state index contributed by atoms with van der Waals surface area (Å²) in [6.45, 7) is 3.17. The Morgan fingerprint density at radius 2 is 2.00 bits per heavy atom. The lowest BCUT2D eigenvalue weighted by molar-refractivity contribution is 0.283. The van der Waals surface area contributed by atoms with Gasteiger partial charge in [-0.1, -0.05) is 19.1 Å². The summed E-state index contributed by atoms with van der Waals surface area (Å²) in [5.41, 5.74) is 1.89. The van der Waals surface area contributed by atoms with E-state index in [1.54, 1.807) is 11.4 Å². The number of anilines is 1. The van der Waals surface area contributed by atoms with E-state index in [9.17, 15) is 8.42 Å². The molecule has 0 N–H and O–H groups in total. The van der Waals surface area contributed by atoms with Crippen molar-refractivity contribution >= 4 is 27.5 Å². The van der Waals surface area contributed by atoms with Crippen LogP contribution in [-0.4, -0.2) is 38.7 Å². The van der Waals surface area contributed by atoms with E-state index in [1.165, 1.54) is 9.87 Å². The van der Waals surface area contributed by atoms with Crippen molar-refractivity contribution in [2.24, 2.45) is 5.92 Å². The minimum absolute atomic E-state index is 0.256. The van der Waals surface area contributed by atoms with E-state index < -0.39 is 10.2 Å². The van der Waals surface area contributed by atoms with Crippen LogP contribution in [0.2, 0.25) is 0 Å². The molecule has 118 valence electrons. The summed E-state index contributed by atoms with van der Waals surface area (Å²) in [7, 11) is -1.86. The molecule has 1 atom stereocenters. The average Bonchev–Trinajstić information content (AvgIpc) is 2.54. The molecular formula is C15H23ClN2O2S. The Balaban J connectivity index is 2.17. The molecule has 1 aromatic carbocycles. The summed E-state index contributed by atoms with van der Waals surface area (Å²) in [6.07, 6.45) is 2.82. The first-order chi connectivity index (χ1) is 9.98. The van der Waals surface area contributed by atoms with E-state index in [-0.39, 0.29) is 5.92 Å². The highest BCUT2D eigenvalue weighted by Crippen LogP contribution is 2.25. The molecule has 0 aliphatic carbocycles. The predicted molar refractivity (Wildman–Crippen MR) is 88.2 cm³/mol. The third-order valence-electron chi connectivity index (χ3n) is 4.08. The fourth-order valence-electron chi connectivity index (χ4n) is 2.61. The van der Waals surface area contributed by atoms with Gasteiger partial charge in [0.25, 0.3) is 0 Å². The van der Waals surface area contributed by atoms with E-state index in [4.69, 9.17) is 11.6 Å². The number of rotatable bonds is 5. The molecular weight excluding hydrogens is 308 g/mol. The lowest BCUT2D eigenvalue weighted by Crippen LogP contribution is -2.47. The number of hydrogen-bond donors (Lipinski definition) is 0. The van der Waals surface area contributed by atoms with Gasteiger partial charge in [0.1, 0.15) is 0 Å². The molecule has 1 heterocycles. The van der Waals surface area contributed by atoms with Crippen LogP contribution in [0.1, 0.15) is 25.3 Å². The van der Waals surface area contributed by atoms with E-state index >= 15 is 0 Å². The fraction of sp³-hybridized carbons (Fsp3) is 0.600. The molecule has 1 aliphatic rings. The summed E-state index contributed by atoms with van der Waals surface area (Å²) >= 11 is 5.89. The number of aryl methyl sites for hydroxylation is 1. The second-order valence-electron chi connectivity index (χ2n) is 5.52. The Kier molecular flexibility index (Phi) is 5.52. The summed E-state index contributed by atoms with van der Waals surface area (Å²) in [4.78, 5) is 0. The maximum Gasteiger partial charge on any atom is 0.303 e. The first-order valence-corrected chi connectivity index (χ1v) is 9.31. The van der Waals surface area contributed by atoms with Gasteiger partial charge < -0.3 is 0 Å². The van der Waals surface area contributed by atoms with Crippen molar-refractivity contribution in [3.05, 3.63) is 29.8 Å². The van der Waals surface area contributed by atoms with Gasteiger partial charge in [-0.25, -0.2) is 0 Å². The molecule has 1 aromatic rings. The van der Waals surface area contributed by atoms with Crippen molar-refractivity contribution in [2.75, 3.05) is 30.3 Å². The molecule has 0 spiro atoms. The molecule has 0 aromatic heterocycles. The monoisotopic (exact) mass is 330 g/mol. The van der Waals surface area contributed by atoms with Crippen molar-refractivity contribution in [1.29, 1.82) is 0 Å². The first-order valence-electron chi connectivity index (χ1n) is 7.38. The van der Waals surface area contributed by atoms with Gasteiger partial charge in [0.2, 0.25) is 0 Å². The second kappa shape index (κ2) is 6.99. The van der Waals surface area contributed by atoms with Crippen molar-refractivity contribution in [3.8, 4) is 0 Å². The molecule has 1 fully saturated rings. The standard InChI is InChI=1S/C15H23ClN2O2S/c1-3-13-6-8-15(9-7-13)17(2)21(19,20)18-10-4-5-14(11-16)12-18/h6-9,14H,3-5,10-12H2,1-2H3. The molecule has 1 aliphatic heterocycles. The van der Waals surface area contributed by atoms with Crippen LogP contribution in [0.4, 0.5) is 5.69 Å². The molecule has 4 nitrogen and oxygen atoms in total. The van der Waals surface area contributed by atoms with Crippen LogP contribution in [0, 0.1) is 5.92 Å². The topological polar surface area (TPSA) is 40.6 Å². The van der Waals surface area contributed by atoms with Crippen molar-refractivity contribution in [1.82, 2.24) is 4.31 Å². The van der Waals surface area contributed by atoms with E-state index in [0.29, 0.717) is 24.7 Å². The SMILES string of the molecule is CCc1ccc(N(C)S(=O)(=O)N2CCCC(CCl)C2)cc1. The maximum absolute atomic E-state index is 12.7. The molecule has 0 radical (unpaired) electrons. The van der Waals surface area contributed by atoms with Gasteiger partial charge in [-0.05, 0) is 42.9 Å². The molecule has 0 amide bonds. The van der Waals surface area contributed by atoms with E-state index in [1.807, 2.05) is 24.3 Å². The Labute approximate surface area is 132 Å². The third kappa shape index (κ3) is 3.71. The number of halogens is 1. The van der Waals surface area contributed by atoms with Crippen LogP contribution in [0.15, 0.2) is 24.3 Å². The molecule has 0 saturated carbocycles. The van der Waals surface area contributed by atoms with Crippen molar-refractivity contribution < 1.29 is 8.42 Å². The normalized spacial score (nSPS) is 20.4. The average molecular weight is 331 g/mol. The molecule has 21 heavy (non-hydrogen) atoms. The van der Waals surface area contributed by atoms with Crippen LogP contribution < -0.4 is 4.31 Å². The van der Waals surface area contributed by atoms with Gasteiger partial charge >= 0.3 is 10.2 Å². The lowest BCUT2D eigenvalue weighted by Gasteiger charge is -2.34. The largest absolute Gasteiger partial charge is 0.303 e. The number of benzene rings is 1. The predicted octanol–water partition coefficient (Wildman–Crippen LogP) is 2.88. The Morgan fingerprint density at radius 1 is 1.33 bits per heavy atom. The number of nitrogens with zero attached hydrogens (tertiary/aromatic N) is 2. The van der Waals surface area contributed by atoms with Crippen LogP contribution in [0.5, 0.6) is 0 Å². The van der Waals surface area contributed by atoms with Gasteiger partial charge in [0, 0.05) is 26.0 Å². The third-order valence-corrected chi connectivity index (χ3v) is 6.40. The molecule has 2 rings (SSSR count). The first kappa shape index (κ1) is 16.6. The van der Waals surface area contributed by atoms with Gasteiger partial charge in [0.15, 0.2) is 0 Å². The Hall–Kier alpha value is -0.780. The Morgan fingerprint density at radius 3 is 2.57 bits per heavy atom. The molecule has 0 bridgehead atoms. The van der Waals surface area contributed by atoms with Crippen LogP contribution in [-0.2, 0) is 16.6 Å². The Bertz CT molecular complexity index is 560. The fourth-order valence-corrected chi connectivity index (χ4v) is 4.36. The van der Waals surface area contributed by atoms with Gasteiger partial charge in [-0.3, -0.25) is 4.31 Å². The second-order valence-corrected chi connectivity index (χ2v) is 7.78. The number of piperidine rings is 1. The van der Waals surface area contributed by atoms with Gasteiger partial charge in [-0.2, -0.15) is 12.7 Å². The van der Waals surface area contributed by atoms with Crippen LogP contribution in [0.25, 0.3) is 0 Å². The van der Waals surface area contributed by atoms with Gasteiger partial charge in [-0.15, -0.1) is 11.6 Å². The molecule has 1 saturated heterocycles. The highest BCUT2D eigenvalue weighted by Gasteiger charge is 2.31. The highest BCUT2D eigenvalue weighted by atomic mass is 35.5. The maximum atomic E-state index is 12.7. The van der Waals surface area contributed by atoms with Crippen molar-refractivity contribution in [2.45, 2.75) is 26.2 Å². The van der Waals surface area contributed by atoms with Crippen LogP contribution in [0.3, 0.4) is 0 Å². The van der Waals surface area contributed by atoms with Crippen molar-refractivity contribution in [3.63, 3.8) is 0 Å². The summed E-state index contributed by atoms with van der Waals surface area (Å²) < 4.78 is 28.3. The smallest absolute Gasteiger partial charge is 0.261 e. The lowest BCUT2D eigenvalue weighted by atomic mass is 10.0. The molecule has 6 heteroatoms. The highest BCUT2D eigenvalue weighted by molar-refractivity contribution is 7.90. The zero-order valence-electron chi connectivity index (χ0n) is 12.6. The number of hydrogen-bond acceptors (Lipinski definition) is 2. The van der Waals surface area contributed by atoms with Gasteiger partial charge in [0.05, 0.1) is 5.69 Å². The van der Waals surface area contributed by atoms with Crippen LogP contribution >= 0.6 is 11.6 Å². The molecule has 1 unspecified atom stereocenters. The van der Waals surface area contributed by atoms with E-state index in [2.05, 4.69) is 6.92 Å². The zero-order valence-corrected chi connectivity index (χ0v) is 14.2. The summed E-state index contributed by atoms with van der Waals surface area (Å²) in [5, 5.41) is 0. The zero-order chi connectivity index (χ0) is 15.5. The minimum Gasteiger partial charge on any atom is -0.261 e. The van der Waals surface area contributed by atoms with E-state index in [0.717, 1.165) is 19.3 Å². The summed E-state index contributed by atoms with van der Waals surface area (Å²) in [5.74, 6) is 0.770.